The van der Waals surface area contributed by atoms with Gasteiger partial charge in [-0.25, -0.2) is 13.2 Å². The molecule has 0 heterocycles. The predicted molar refractivity (Wildman–Crippen MR) is 70.1 cm³/mol. The highest BCUT2D eigenvalue weighted by Gasteiger charge is 2.16. The second-order valence-electron chi connectivity index (χ2n) is 3.91. The molecule has 2 aromatic carbocycles. The Bertz CT molecular complexity index is 648. The molecule has 0 aliphatic rings. The van der Waals surface area contributed by atoms with E-state index in [0.717, 1.165) is 0 Å². The van der Waals surface area contributed by atoms with Gasteiger partial charge in [0, 0.05) is 23.5 Å². The zero-order valence-corrected chi connectivity index (χ0v) is 10.6. The Hall–Kier alpha value is -2.21. The van der Waals surface area contributed by atoms with Crippen molar-refractivity contribution in [2.24, 2.45) is 0 Å². The predicted octanol–water partition coefficient (Wildman–Crippen LogP) is 3.59. The van der Waals surface area contributed by atoms with E-state index in [1.807, 2.05) is 0 Å². The normalized spacial score (nSPS) is 10.4. The zero-order valence-electron chi connectivity index (χ0n) is 9.88. The third-order valence-electron chi connectivity index (χ3n) is 2.51. The molecule has 0 aliphatic heterocycles. The van der Waals surface area contributed by atoms with Crippen molar-refractivity contribution in [1.29, 1.82) is 0 Å². The first-order valence-corrected chi connectivity index (χ1v) is 5.78. The fourth-order valence-corrected chi connectivity index (χ4v) is 1.87. The summed E-state index contributed by atoms with van der Waals surface area (Å²) in [4.78, 5) is 11.9. The van der Waals surface area contributed by atoms with E-state index in [9.17, 15) is 18.0 Å². The Balaban J connectivity index is 2.33. The minimum atomic E-state index is -1.61. The molecule has 2 rings (SSSR count). The second-order valence-corrected chi connectivity index (χ2v) is 4.32. The summed E-state index contributed by atoms with van der Waals surface area (Å²) in [5.41, 5.74) is 5.44. The fraction of sp³-hybridized carbons (Fsp3) is 0. The summed E-state index contributed by atoms with van der Waals surface area (Å²) in [5, 5.41) is 2.29. The Morgan fingerprint density at radius 2 is 1.75 bits per heavy atom. The number of benzene rings is 2. The fourth-order valence-electron chi connectivity index (χ4n) is 1.60. The number of nitrogens with one attached hydrogen (secondary N) is 1. The average molecular weight is 301 g/mol. The van der Waals surface area contributed by atoms with E-state index in [-0.39, 0.29) is 22.0 Å². The number of amides is 1. The van der Waals surface area contributed by atoms with Crippen LogP contribution >= 0.6 is 11.6 Å². The first kappa shape index (κ1) is 14.2. The quantitative estimate of drug-likeness (QED) is 0.658. The van der Waals surface area contributed by atoms with E-state index in [4.69, 9.17) is 17.3 Å². The lowest BCUT2D eigenvalue weighted by Gasteiger charge is -2.09. The van der Waals surface area contributed by atoms with Crippen molar-refractivity contribution in [2.75, 3.05) is 11.1 Å². The number of hydrogen-bond donors (Lipinski definition) is 2. The van der Waals surface area contributed by atoms with Gasteiger partial charge in [0.2, 0.25) is 0 Å². The van der Waals surface area contributed by atoms with E-state index in [2.05, 4.69) is 5.32 Å². The monoisotopic (exact) mass is 300 g/mol. The Labute approximate surface area is 117 Å². The van der Waals surface area contributed by atoms with Crippen LogP contribution in [0.2, 0.25) is 5.02 Å². The van der Waals surface area contributed by atoms with Crippen molar-refractivity contribution in [1.82, 2.24) is 0 Å². The minimum absolute atomic E-state index is 0.0284. The number of hydrogen-bond acceptors (Lipinski definition) is 2. The van der Waals surface area contributed by atoms with Gasteiger partial charge in [0.05, 0.1) is 10.6 Å². The number of nitrogens with two attached hydrogens (primary N) is 1. The SMILES string of the molecule is Nc1cccc(Cl)c1C(=O)Nc1cc(F)c(F)c(F)c1. The topological polar surface area (TPSA) is 55.1 Å². The summed E-state index contributed by atoms with van der Waals surface area (Å²) in [6.45, 7) is 0. The van der Waals surface area contributed by atoms with Gasteiger partial charge in [-0.05, 0) is 12.1 Å². The molecule has 0 aliphatic carbocycles. The number of carbonyl (C=O) groups excluding carboxylic acids is 1. The number of anilines is 2. The van der Waals surface area contributed by atoms with Gasteiger partial charge in [0.1, 0.15) is 0 Å². The van der Waals surface area contributed by atoms with Gasteiger partial charge in [0.25, 0.3) is 5.91 Å². The maximum Gasteiger partial charge on any atom is 0.259 e. The van der Waals surface area contributed by atoms with Crippen LogP contribution in [0.4, 0.5) is 24.5 Å². The molecule has 1 amide bonds. The van der Waals surface area contributed by atoms with Crippen LogP contribution in [0.5, 0.6) is 0 Å². The lowest BCUT2D eigenvalue weighted by Crippen LogP contribution is -2.15. The number of carbonyl (C=O) groups is 1. The lowest BCUT2D eigenvalue weighted by molar-refractivity contribution is 0.102. The van der Waals surface area contributed by atoms with E-state index in [1.54, 1.807) is 6.07 Å². The van der Waals surface area contributed by atoms with Crippen molar-refractivity contribution in [2.45, 2.75) is 0 Å². The molecule has 0 radical (unpaired) electrons. The molecule has 0 aromatic heterocycles. The van der Waals surface area contributed by atoms with Gasteiger partial charge >= 0.3 is 0 Å². The van der Waals surface area contributed by atoms with Crippen molar-refractivity contribution in [3.63, 3.8) is 0 Å². The van der Waals surface area contributed by atoms with Crippen LogP contribution in [0.3, 0.4) is 0 Å². The van der Waals surface area contributed by atoms with E-state index in [1.165, 1.54) is 12.1 Å². The Kier molecular flexibility index (Phi) is 3.85. The number of halogens is 4. The first-order chi connectivity index (χ1) is 9.40. The van der Waals surface area contributed by atoms with E-state index < -0.39 is 23.4 Å². The van der Waals surface area contributed by atoms with Crippen LogP contribution < -0.4 is 11.1 Å². The minimum Gasteiger partial charge on any atom is -0.398 e. The summed E-state index contributed by atoms with van der Waals surface area (Å²) >= 11 is 5.83. The molecule has 0 saturated heterocycles. The smallest absolute Gasteiger partial charge is 0.259 e. The van der Waals surface area contributed by atoms with E-state index in [0.29, 0.717) is 12.1 Å². The standard InChI is InChI=1S/C13H8ClF3N2O/c14-7-2-1-3-10(18)11(7)13(20)19-6-4-8(15)12(17)9(16)5-6/h1-5H,18H2,(H,19,20). The van der Waals surface area contributed by atoms with Gasteiger partial charge in [0.15, 0.2) is 17.5 Å². The van der Waals surface area contributed by atoms with Gasteiger partial charge in [-0.1, -0.05) is 17.7 Å². The Morgan fingerprint density at radius 1 is 1.15 bits per heavy atom. The van der Waals surface area contributed by atoms with Gasteiger partial charge in [-0.15, -0.1) is 0 Å². The molecular formula is C13H8ClF3N2O. The molecular weight excluding hydrogens is 293 g/mol. The number of rotatable bonds is 2. The molecule has 104 valence electrons. The second kappa shape index (κ2) is 5.42. The van der Waals surface area contributed by atoms with Crippen LogP contribution in [0.15, 0.2) is 30.3 Å². The van der Waals surface area contributed by atoms with Crippen LogP contribution in [0, 0.1) is 17.5 Å². The first-order valence-electron chi connectivity index (χ1n) is 5.40. The van der Waals surface area contributed by atoms with Crippen molar-refractivity contribution in [3.05, 3.63) is 58.4 Å². The molecule has 20 heavy (non-hydrogen) atoms. The summed E-state index contributed by atoms with van der Waals surface area (Å²) in [7, 11) is 0. The van der Waals surface area contributed by atoms with Crippen LogP contribution in [0.1, 0.15) is 10.4 Å². The molecule has 0 bridgehead atoms. The van der Waals surface area contributed by atoms with Crippen molar-refractivity contribution in [3.8, 4) is 0 Å². The summed E-state index contributed by atoms with van der Waals surface area (Å²) in [6, 6.07) is 5.75. The summed E-state index contributed by atoms with van der Waals surface area (Å²) < 4.78 is 38.9. The lowest BCUT2D eigenvalue weighted by atomic mass is 10.1. The third kappa shape index (κ3) is 2.70. The maximum atomic E-state index is 13.0. The molecule has 7 heteroatoms. The van der Waals surface area contributed by atoms with Gasteiger partial charge in [-0.3, -0.25) is 4.79 Å². The largest absolute Gasteiger partial charge is 0.398 e. The molecule has 0 unspecified atom stereocenters. The zero-order chi connectivity index (χ0) is 14.9. The highest BCUT2D eigenvalue weighted by atomic mass is 35.5. The molecule has 0 fully saturated rings. The molecule has 0 atom stereocenters. The van der Waals surface area contributed by atoms with Crippen molar-refractivity contribution >= 4 is 28.9 Å². The van der Waals surface area contributed by atoms with Crippen molar-refractivity contribution < 1.29 is 18.0 Å². The third-order valence-corrected chi connectivity index (χ3v) is 2.83. The Morgan fingerprint density at radius 3 is 2.30 bits per heavy atom. The van der Waals surface area contributed by atoms with Crippen LogP contribution in [-0.2, 0) is 0 Å². The highest BCUT2D eigenvalue weighted by molar-refractivity contribution is 6.35. The molecule has 3 N–H and O–H groups in total. The maximum absolute atomic E-state index is 13.0. The summed E-state index contributed by atoms with van der Waals surface area (Å²) in [6.07, 6.45) is 0. The molecule has 0 spiro atoms. The highest BCUT2D eigenvalue weighted by Crippen LogP contribution is 2.24. The van der Waals surface area contributed by atoms with Gasteiger partial charge < -0.3 is 11.1 Å². The molecule has 0 saturated carbocycles. The van der Waals surface area contributed by atoms with Gasteiger partial charge in [-0.2, -0.15) is 0 Å². The van der Waals surface area contributed by atoms with Crippen LogP contribution in [-0.4, -0.2) is 5.91 Å². The van der Waals surface area contributed by atoms with Crippen LogP contribution in [0.25, 0.3) is 0 Å². The molecule has 3 nitrogen and oxygen atoms in total. The summed E-state index contributed by atoms with van der Waals surface area (Å²) in [5.74, 6) is -5.18. The average Bonchev–Trinajstić information content (AvgIpc) is 2.35. The molecule has 2 aromatic rings. The van der Waals surface area contributed by atoms with E-state index >= 15 is 0 Å². The number of nitrogen functional groups attached to an aromatic ring is 1.